The molecule has 0 aliphatic carbocycles. The van der Waals surface area contributed by atoms with Crippen molar-refractivity contribution >= 4 is 23.3 Å². The first-order chi connectivity index (χ1) is 8.45. The van der Waals surface area contributed by atoms with Crippen molar-refractivity contribution in [2.75, 3.05) is 6.61 Å². The number of hydrogen-bond donors (Lipinski definition) is 1. The van der Waals surface area contributed by atoms with E-state index in [0.717, 1.165) is 6.20 Å². The number of esters is 1. The third-order valence-electron chi connectivity index (χ3n) is 2.10. The summed E-state index contributed by atoms with van der Waals surface area (Å²) in [6.45, 7) is 1.71. The van der Waals surface area contributed by atoms with Crippen molar-refractivity contribution in [1.29, 1.82) is 0 Å². The van der Waals surface area contributed by atoms with Crippen LogP contribution in [-0.4, -0.2) is 33.7 Å². The van der Waals surface area contributed by atoms with Crippen LogP contribution in [0.3, 0.4) is 0 Å². The SMILES string of the molecule is CCOC(=O)C(O)Cc1cc(Cl)ncc1[N+](=O)[O-]. The predicted octanol–water partition coefficient (Wildman–Crippen LogP) is 1.11. The first-order valence-electron chi connectivity index (χ1n) is 5.09. The van der Waals surface area contributed by atoms with Crippen LogP contribution in [0.4, 0.5) is 5.69 Å². The molecule has 1 N–H and O–H groups in total. The first kappa shape index (κ1) is 14.3. The van der Waals surface area contributed by atoms with Crippen LogP contribution in [0.5, 0.6) is 0 Å². The van der Waals surface area contributed by atoms with Gasteiger partial charge < -0.3 is 9.84 Å². The normalized spacial score (nSPS) is 11.9. The molecule has 1 heterocycles. The maximum absolute atomic E-state index is 11.2. The molecule has 1 aromatic rings. The Morgan fingerprint density at radius 3 is 2.94 bits per heavy atom. The van der Waals surface area contributed by atoms with Crippen LogP contribution in [0.1, 0.15) is 12.5 Å². The van der Waals surface area contributed by atoms with Crippen molar-refractivity contribution in [3.8, 4) is 0 Å². The molecule has 8 heteroatoms. The van der Waals surface area contributed by atoms with E-state index in [1.165, 1.54) is 6.07 Å². The van der Waals surface area contributed by atoms with E-state index in [9.17, 15) is 20.0 Å². The minimum atomic E-state index is -1.47. The van der Waals surface area contributed by atoms with E-state index in [2.05, 4.69) is 9.72 Å². The fourth-order valence-electron chi connectivity index (χ4n) is 1.32. The molecule has 0 radical (unpaired) electrons. The first-order valence-corrected chi connectivity index (χ1v) is 5.47. The van der Waals surface area contributed by atoms with Gasteiger partial charge in [0.25, 0.3) is 5.69 Å². The molecule has 0 aliphatic rings. The van der Waals surface area contributed by atoms with Crippen LogP contribution in [0.25, 0.3) is 0 Å². The van der Waals surface area contributed by atoms with Gasteiger partial charge in [-0.3, -0.25) is 10.1 Å². The van der Waals surface area contributed by atoms with E-state index in [1.54, 1.807) is 6.92 Å². The van der Waals surface area contributed by atoms with E-state index < -0.39 is 17.0 Å². The second-order valence-electron chi connectivity index (χ2n) is 3.36. The molecule has 0 amide bonds. The van der Waals surface area contributed by atoms with Crippen LogP contribution in [-0.2, 0) is 16.0 Å². The van der Waals surface area contributed by atoms with Crippen molar-refractivity contribution in [1.82, 2.24) is 4.98 Å². The molecule has 0 bridgehead atoms. The molecule has 1 unspecified atom stereocenters. The Balaban J connectivity index is 2.92. The van der Waals surface area contributed by atoms with Gasteiger partial charge in [0.1, 0.15) is 11.3 Å². The monoisotopic (exact) mass is 274 g/mol. The Labute approximate surface area is 108 Å². The summed E-state index contributed by atoms with van der Waals surface area (Å²) in [5.41, 5.74) is -0.177. The molecule has 0 spiro atoms. The standard InChI is InChI=1S/C10H11ClN2O5/c1-2-18-10(15)8(14)3-6-4-9(11)12-5-7(6)13(16)17/h4-5,8,14H,2-3H2,1H3. The van der Waals surface area contributed by atoms with Gasteiger partial charge in [-0.05, 0) is 13.0 Å². The predicted molar refractivity (Wildman–Crippen MR) is 62.2 cm³/mol. The Hall–Kier alpha value is -1.73. The molecule has 0 aromatic carbocycles. The number of nitro groups is 1. The molecule has 0 saturated carbocycles. The number of aliphatic hydroxyl groups is 1. The molecule has 1 aromatic heterocycles. The van der Waals surface area contributed by atoms with Crippen molar-refractivity contribution in [3.63, 3.8) is 0 Å². The zero-order valence-corrected chi connectivity index (χ0v) is 10.3. The number of aromatic nitrogens is 1. The molecule has 0 saturated heterocycles. The van der Waals surface area contributed by atoms with Crippen LogP contribution >= 0.6 is 11.6 Å². The van der Waals surface area contributed by atoms with Crippen LogP contribution in [0.15, 0.2) is 12.3 Å². The summed E-state index contributed by atoms with van der Waals surface area (Å²) >= 11 is 5.61. The Kier molecular flexibility index (Phi) is 4.99. The Morgan fingerprint density at radius 1 is 1.72 bits per heavy atom. The quantitative estimate of drug-likeness (QED) is 0.373. The number of ether oxygens (including phenoxy) is 1. The zero-order chi connectivity index (χ0) is 13.7. The van der Waals surface area contributed by atoms with E-state index in [-0.39, 0.29) is 29.4 Å². The van der Waals surface area contributed by atoms with E-state index >= 15 is 0 Å². The van der Waals surface area contributed by atoms with Gasteiger partial charge in [0.05, 0.1) is 11.5 Å². The van der Waals surface area contributed by atoms with Gasteiger partial charge in [-0.1, -0.05) is 11.6 Å². The highest BCUT2D eigenvalue weighted by molar-refractivity contribution is 6.29. The second-order valence-corrected chi connectivity index (χ2v) is 3.75. The van der Waals surface area contributed by atoms with Crippen molar-refractivity contribution in [2.24, 2.45) is 0 Å². The summed E-state index contributed by atoms with van der Waals surface area (Å²) in [7, 11) is 0. The van der Waals surface area contributed by atoms with Gasteiger partial charge in [-0.25, -0.2) is 9.78 Å². The minimum Gasteiger partial charge on any atom is -0.464 e. The molecule has 18 heavy (non-hydrogen) atoms. The number of halogens is 1. The third kappa shape index (κ3) is 3.64. The van der Waals surface area contributed by atoms with Gasteiger partial charge in [0, 0.05) is 12.0 Å². The van der Waals surface area contributed by atoms with Crippen molar-refractivity contribution in [3.05, 3.63) is 33.1 Å². The number of rotatable bonds is 5. The van der Waals surface area contributed by atoms with Gasteiger partial charge in [-0.2, -0.15) is 0 Å². The number of carbonyl (C=O) groups excluding carboxylic acids is 1. The molecule has 7 nitrogen and oxygen atoms in total. The van der Waals surface area contributed by atoms with Gasteiger partial charge >= 0.3 is 5.97 Å². The van der Waals surface area contributed by atoms with Crippen LogP contribution in [0.2, 0.25) is 5.15 Å². The highest BCUT2D eigenvalue weighted by Gasteiger charge is 2.23. The van der Waals surface area contributed by atoms with Gasteiger partial charge in [-0.15, -0.1) is 0 Å². The smallest absolute Gasteiger partial charge is 0.335 e. The lowest BCUT2D eigenvalue weighted by Gasteiger charge is -2.09. The molecule has 0 fully saturated rings. The summed E-state index contributed by atoms with van der Waals surface area (Å²) < 4.78 is 4.60. The summed E-state index contributed by atoms with van der Waals surface area (Å²) in [4.78, 5) is 24.9. The van der Waals surface area contributed by atoms with Gasteiger partial charge in [0.15, 0.2) is 6.10 Å². The van der Waals surface area contributed by atoms with Gasteiger partial charge in [0.2, 0.25) is 0 Å². The molecule has 1 rings (SSSR count). The lowest BCUT2D eigenvalue weighted by molar-refractivity contribution is -0.386. The fourth-order valence-corrected chi connectivity index (χ4v) is 1.50. The summed E-state index contributed by atoms with van der Waals surface area (Å²) in [5.74, 6) is -0.834. The summed E-state index contributed by atoms with van der Waals surface area (Å²) in [6, 6.07) is 1.24. The third-order valence-corrected chi connectivity index (χ3v) is 2.31. The number of nitrogens with zero attached hydrogens (tertiary/aromatic N) is 2. The van der Waals surface area contributed by atoms with Crippen LogP contribution < -0.4 is 0 Å². The highest BCUT2D eigenvalue weighted by atomic mass is 35.5. The number of pyridine rings is 1. The summed E-state index contributed by atoms with van der Waals surface area (Å²) in [6.07, 6.45) is -0.741. The lowest BCUT2D eigenvalue weighted by atomic mass is 10.1. The molecular weight excluding hydrogens is 264 g/mol. The zero-order valence-electron chi connectivity index (χ0n) is 9.50. The maximum atomic E-state index is 11.2. The molecule has 1 atom stereocenters. The number of carbonyl (C=O) groups is 1. The lowest BCUT2D eigenvalue weighted by Crippen LogP contribution is -2.25. The maximum Gasteiger partial charge on any atom is 0.335 e. The largest absolute Gasteiger partial charge is 0.464 e. The van der Waals surface area contributed by atoms with Crippen molar-refractivity contribution in [2.45, 2.75) is 19.4 Å². The van der Waals surface area contributed by atoms with Crippen molar-refractivity contribution < 1.29 is 19.6 Å². The summed E-state index contributed by atoms with van der Waals surface area (Å²) in [5, 5.41) is 20.3. The average molecular weight is 275 g/mol. The topological polar surface area (TPSA) is 103 Å². The minimum absolute atomic E-state index is 0.0478. The molecular formula is C10H11ClN2O5. The average Bonchev–Trinajstić information content (AvgIpc) is 2.28. The number of hydrogen-bond acceptors (Lipinski definition) is 6. The molecule has 0 aliphatic heterocycles. The molecule has 98 valence electrons. The second kappa shape index (κ2) is 6.27. The van der Waals surface area contributed by atoms with E-state index in [0.29, 0.717) is 0 Å². The number of aliphatic hydroxyl groups excluding tert-OH is 1. The van der Waals surface area contributed by atoms with E-state index in [1.807, 2.05) is 0 Å². The highest BCUT2D eigenvalue weighted by Crippen LogP contribution is 2.22. The fraction of sp³-hybridized carbons (Fsp3) is 0.400. The Morgan fingerprint density at radius 2 is 2.39 bits per heavy atom. The Bertz CT molecular complexity index is 466. The van der Waals surface area contributed by atoms with E-state index in [4.69, 9.17) is 11.6 Å². The van der Waals surface area contributed by atoms with Crippen LogP contribution in [0, 0.1) is 10.1 Å².